The van der Waals surface area contributed by atoms with Gasteiger partial charge in [0.05, 0.1) is 17.2 Å². The molecular formula is C28H26O11P+. The molecule has 3 aromatic carbocycles. The quantitative estimate of drug-likeness (QED) is 0.216. The predicted octanol–water partition coefficient (Wildman–Crippen LogP) is 3.84. The smallest absolute Gasteiger partial charge is 0.482 e. The molecule has 1 heterocycles. The van der Waals surface area contributed by atoms with Crippen LogP contribution in [0.15, 0.2) is 91.0 Å². The van der Waals surface area contributed by atoms with Crippen molar-refractivity contribution in [1.29, 1.82) is 0 Å². The number of rotatable bonds is 10. The number of hydrogen-bond acceptors (Lipinski definition) is 10. The maximum Gasteiger partial charge on any atom is 0.697 e. The zero-order chi connectivity index (χ0) is 28.5. The van der Waals surface area contributed by atoms with Crippen LogP contribution >= 0.6 is 8.25 Å². The Hall–Kier alpha value is -4.15. The topological polar surface area (TPSA) is 144 Å². The van der Waals surface area contributed by atoms with Crippen molar-refractivity contribution in [3.63, 3.8) is 0 Å². The molecule has 0 amide bonds. The van der Waals surface area contributed by atoms with Crippen molar-refractivity contribution in [2.24, 2.45) is 0 Å². The minimum atomic E-state index is -3.23. The summed E-state index contributed by atoms with van der Waals surface area (Å²) in [4.78, 5) is 48.3. The molecule has 40 heavy (non-hydrogen) atoms. The van der Waals surface area contributed by atoms with Crippen LogP contribution in [0.5, 0.6) is 5.75 Å². The van der Waals surface area contributed by atoms with Gasteiger partial charge in [0.2, 0.25) is 0 Å². The maximum absolute atomic E-state index is 13.1. The van der Waals surface area contributed by atoms with E-state index in [9.17, 15) is 23.8 Å². The molecule has 1 aliphatic heterocycles. The summed E-state index contributed by atoms with van der Waals surface area (Å²) in [5, 5.41) is 0. The lowest BCUT2D eigenvalue weighted by Gasteiger charge is -2.41. The van der Waals surface area contributed by atoms with E-state index in [-0.39, 0.29) is 11.1 Å². The first kappa shape index (κ1) is 28.8. The van der Waals surface area contributed by atoms with E-state index >= 15 is 0 Å². The van der Waals surface area contributed by atoms with Crippen LogP contribution in [0.4, 0.5) is 0 Å². The third kappa shape index (κ3) is 7.71. The average Bonchev–Trinajstić information content (AvgIpc) is 2.96. The molecule has 6 atom stereocenters. The van der Waals surface area contributed by atoms with Crippen molar-refractivity contribution in [3.05, 3.63) is 102 Å². The van der Waals surface area contributed by atoms with Crippen LogP contribution in [0.1, 0.15) is 27.6 Å². The molecule has 4 rings (SSSR count). The highest BCUT2D eigenvalue weighted by Gasteiger charge is 2.54. The summed E-state index contributed by atoms with van der Waals surface area (Å²) >= 11 is 0. The Labute approximate surface area is 230 Å². The Morgan fingerprint density at radius 2 is 1.25 bits per heavy atom. The molecule has 0 bridgehead atoms. The molecule has 0 aliphatic carbocycles. The van der Waals surface area contributed by atoms with Crippen LogP contribution in [0.3, 0.4) is 0 Å². The van der Waals surface area contributed by atoms with Crippen LogP contribution in [0.2, 0.25) is 0 Å². The molecule has 12 heteroatoms. The number of esters is 3. The van der Waals surface area contributed by atoms with Crippen molar-refractivity contribution in [2.45, 2.75) is 37.6 Å². The minimum absolute atomic E-state index is 0.145. The molecule has 1 N–H and O–H groups in total. The SMILES string of the molecule is C[C@H]1O[C@H](O[P+](=O)O)[C@H](OC(=O)c2ccccc2)[C@@H](OC(=O)c2ccccc2)[C@@H]1OC(=O)COc1ccccc1. The molecule has 1 fully saturated rings. The van der Waals surface area contributed by atoms with E-state index in [1.165, 1.54) is 31.2 Å². The predicted molar refractivity (Wildman–Crippen MR) is 138 cm³/mol. The lowest BCUT2D eigenvalue weighted by Crippen LogP contribution is -2.61. The first-order chi connectivity index (χ1) is 19.3. The highest BCUT2D eigenvalue weighted by Crippen LogP contribution is 2.34. The average molecular weight is 569 g/mol. The van der Waals surface area contributed by atoms with Gasteiger partial charge in [-0.15, -0.1) is 4.89 Å². The Morgan fingerprint density at radius 1 is 0.750 bits per heavy atom. The second-order valence-electron chi connectivity index (χ2n) is 8.58. The van der Waals surface area contributed by atoms with Crippen LogP contribution in [0.25, 0.3) is 0 Å². The highest BCUT2D eigenvalue weighted by molar-refractivity contribution is 7.32. The normalized spacial score (nSPS) is 22.4. The number of ether oxygens (including phenoxy) is 5. The summed E-state index contributed by atoms with van der Waals surface area (Å²) < 4.78 is 44.6. The molecule has 3 aromatic rings. The third-order valence-electron chi connectivity index (χ3n) is 5.79. The van der Waals surface area contributed by atoms with Gasteiger partial charge < -0.3 is 23.7 Å². The van der Waals surface area contributed by atoms with Crippen molar-refractivity contribution < 1.29 is 52.1 Å². The fourth-order valence-electron chi connectivity index (χ4n) is 3.95. The van der Waals surface area contributed by atoms with Crippen LogP contribution in [-0.4, -0.2) is 60.1 Å². The Morgan fingerprint density at radius 3 is 1.77 bits per heavy atom. The third-order valence-corrected chi connectivity index (χ3v) is 6.18. The zero-order valence-corrected chi connectivity index (χ0v) is 22.1. The Bertz CT molecular complexity index is 1300. The summed E-state index contributed by atoms with van der Waals surface area (Å²) in [6.45, 7) is 0.999. The minimum Gasteiger partial charge on any atom is -0.482 e. The van der Waals surface area contributed by atoms with Crippen LogP contribution in [-0.2, 0) is 32.8 Å². The van der Waals surface area contributed by atoms with Crippen LogP contribution in [0, 0.1) is 0 Å². The van der Waals surface area contributed by atoms with Gasteiger partial charge in [0.1, 0.15) is 5.75 Å². The van der Waals surface area contributed by atoms with Gasteiger partial charge in [-0.25, -0.2) is 14.4 Å². The first-order valence-corrected chi connectivity index (χ1v) is 13.3. The molecule has 11 nitrogen and oxygen atoms in total. The Kier molecular flexibility index (Phi) is 9.93. The molecule has 0 aromatic heterocycles. The van der Waals surface area contributed by atoms with Gasteiger partial charge in [-0.1, -0.05) is 59.1 Å². The molecule has 0 radical (unpaired) electrons. The van der Waals surface area contributed by atoms with E-state index in [1.54, 1.807) is 66.7 Å². The number of carbonyl (C=O) groups is 3. The van der Waals surface area contributed by atoms with Crippen molar-refractivity contribution in [1.82, 2.24) is 0 Å². The Balaban J connectivity index is 1.62. The number of carbonyl (C=O) groups excluding carboxylic acids is 3. The summed E-state index contributed by atoms with van der Waals surface area (Å²) in [6, 6.07) is 24.4. The van der Waals surface area contributed by atoms with Gasteiger partial charge in [-0.3, -0.25) is 0 Å². The lowest BCUT2D eigenvalue weighted by molar-refractivity contribution is -0.272. The first-order valence-electron chi connectivity index (χ1n) is 12.2. The van der Waals surface area contributed by atoms with E-state index < -0.39 is 63.5 Å². The summed E-state index contributed by atoms with van der Waals surface area (Å²) in [5.41, 5.74) is 0.309. The van der Waals surface area contributed by atoms with Crippen molar-refractivity contribution >= 4 is 26.2 Å². The maximum atomic E-state index is 13.1. The number of benzene rings is 3. The molecule has 0 spiro atoms. The highest BCUT2D eigenvalue weighted by atomic mass is 31.1. The molecule has 1 saturated heterocycles. The standard InChI is InChI=1S/C28H25O11P/c1-18-23(36-22(29)17-34-21-15-9-4-10-16-21)24(37-26(30)19-11-5-2-6-12-19)25(28(35-18)39-40(32)33)38-27(31)20-13-7-3-8-14-20/h2-16,18,23-25,28H,17H2,1H3/p+1/t18-,23-,24+,25-,28-/m1/s1. The van der Waals surface area contributed by atoms with Gasteiger partial charge >= 0.3 is 26.2 Å². The monoisotopic (exact) mass is 569 g/mol. The van der Waals surface area contributed by atoms with Crippen molar-refractivity contribution in [2.75, 3.05) is 6.61 Å². The van der Waals surface area contributed by atoms with E-state index in [0.717, 1.165) is 0 Å². The van der Waals surface area contributed by atoms with Gasteiger partial charge in [0.25, 0.3) is 6.29 Å². The second-order valence-corrected chi connectivity index (χ2v) is 9.27. The van der Waals surface area contributed by atoms with Crippen LogP contribution < -0.4 is 4.74 Å². The zero-order valence-electron chi connectivity index (χ0n) is 21.2. The van der Waals surface area contributed by atoms with Gasteiger partial charge in [-0.2, -0.15) is 0 Å². The van der Waals surface area contributed by atoms with Gasteiger partial charge in [-0.05, 0) is 43.3 Å². The lowest BCUT2D eigenvalue weighted by atomic mass is 9.98. The largest absolute Gasteiger partial charge is 0.697 e. The molecular weight excluding hydrogens is 543 g/mol. The second kappa shape index (κ2) is 13.8. The van der Waals surface area contributed by atoms with E-state index in [4.69, 9.17) is 28.2 Å². The van der Waals surface area contributed by atoms with E-state index in [0.29, 0.717) is 5.75 Å². The fourth-order valence-corrected chi connectivity index (χ4v) is 4.29. The molecule has 208 valence electrons. The summed E-state index contributed by atoms with van der Waals surface area (Å²) in [6.07, 6.45) is -7.08. The molecule has 1 unspecified atom stereocenters. The van der Waals surface area contributed by atoms with E-state index in [1.807, 2.05) is 0 Å². The van der Waals surface area contributed by atoms with Gasteiger partial charge in [0.15, 0.2) is 24.9 Å². The summed E-state index contributed by atoms with van der Waals surface area (Å²) in [7, 11) is -3.23. The van der Waals surface area contributed by atoms with Crippen molar-refractivity contribution in [3.8, 4) is 5.75 Å². The molecule has 0 saturated carbocycles. The number of hydrogen-bond donors (Lipinski definition) is 1. The van der Waals surface area contributed by atoms with Gasteiger partial charge in [0, 0.05) is 4.57 Å². The van der Waals surface area contributed by atoms with E-state index in [2.05, 4.69) is 0 Å². The number of para-hydroxylation sites is 1. The summed E-state index contributed by atoms with van der Waals surface area (Å²) in [5.74, 6) is -2.09. The fraction of sp³-hybridized carbons (Fsp3) is 0.250. The molecule has 1 aliphatic rings.